The lowest BCUT2D eigenvalue weighted by Crippen LogP contribution is -2.45. The second-order valence-corrected chi connectivity index (χ2v) is 11.6. The first kappa shape index (κ1) is 22.3. The molecule has 0 bridgehead atoms. The third kappa shape index (κ3) is 4.63. The predicted octanol–water partition coefficient (Wildman–Crippen LogP) is 4.12. The summed E-state index contributed by atoms with van der Waals surface area (Å²) in [5.74, 6) is 0.659. The molecule has 1 spiro atoms. The van der Waals surface area contributed by atoms with Crippen molar-refractivity contribution in [3.63, 3.8) is 0 Å². The lowest BCUT2D eigenvalue weighted by atomic mass is 9.91. The number of para-hydroxylation sites is 1. The molecule has 1 aromatic heterocycles. The molecule has 1 saturated carbocycles. The van der Waals surface area contributed by atoms with Gasteiger partial charge in [0.1, 0.15) is 12.4 Å². The molecule has 0 amide bonds. The first-order valence-electron chi connectivity index (χ1n) is 11.7. The van der Waals surface area contributed by atoms with E-state index in [9.17, 15) is 8.42 Å². The second kappa shape index (κ2) is 9.05. The van der Waals surface area contributed by atoms with Gasteiger partial charge in [-0.3, -0.25) is 10.3 Å². The molecular weight excluding hydrogens is 434 g/mol. The van der Waals surface area contributed by atoms with E-state index in [2.05, 4.69) is 15.6 Å². The highest BCUT2D eigenvalue weighted by Gasteiger charge is 2.41. The Labute approximate surface area is 195 Å². The highest BCUT2D eigenvalue weighted by atomic mass is 32.2. The summed E-state index contributed by atoms with van der Waals surface area (Å²) in [7, 11) is -3.40. The Kier molecular flexibility index (Phi) is 6.12. The van der Waals surface area contributed by atoms with Crippen LogP contribution in [0.4, 0.5) is 0 Å². The van der Waals surface area contributed by atoms with E-state index in [4.69, 9.17) is 4.74 Å². The maximum Gasteiger partial charge on any atom is 0.181 e. The summed E-state index contributed by atoms with van der Waals surface area (Å²) in [6.45, 7) is 3.98. The van der Waals surface area contributed by atoms with E-state index in [0.29, 0.717) is 23.7 Å². The largest absolute Gasteiger partial charge is 0.489 e. The van der Waals surface area contributed by atoms with Gasteiger partial charge in [0.15, 0.2) is 9.84 Å². The van der Waals surface area contributed by atoms with Gasteiger partial charge in [-0.2, -0.15) is 0 Å². The van der Waals surface area contributed by atoms with E-state index in [1.54, 1.807) is 24.3 Å². The van der Waals surface area contributed by atoms with Crippen molar-refractivity contribution in [2.24, 2.45) is 0 Å². The first-order valence-corrected chi connectivity index (χ1v) is 13.3. The number of aromatic nitrogens is 1. The van der Waals surface area contributed by atoms with Crippen LogP contribution < -0.4 is 15.4 Å². The highest BCUT2D eigenvalue weighted by molar-refractivity contribution is 7.92. The predicted molar refractivity (Wildman–Crippen MR) is 130 cm³/mol. The Balaban J connectivity index is 1.31. The Morgan fingerprint density at radius 1 is 1.12 bits per heavy atom. The number of benzene rings is 2. The fourth-order valence-corrected chi connectivity index (χ4v) is 7.18. The molecule has 2 unspecified atom stereocenters. The number of fused-ring (bicyclic) bond motifs is 1. The molecule has 2 aliphatic rings. The molecule has 6 nitrogen and oxygen atoms in total. The van der Waals surface area contributed by atoms with Crippen LogP contribution in [0.25, 0.3) is 10.9 Å². The van der Waals surface area contributed by atoms with Crippen molar-refractivity contribution in [3.8, 4) is 5.75 Å². The molecule has 0 radical (unpaired) electrons. The van der Waals surface area contributed by atoms with Gasteiger partial charge in [-0.25, -0.2) is 8.42 Å². The van der Waals surface area contributed by atoms with Crippen molar-refractivity contribution in [1.29, 1.82) is 0 Å². The van der Waals surface area contributed by atoms with Gasteiger partial charge in [0, 0.05) is 35.4 Å². The van der Waals surface area contributed by atoms with E-state index in [1.165, 1.54) is 0 Å². The Hall–Kier alpha value is -2.48. The third-order valence-electron chi connectivity index (χ3n) is 7.02. The number of hydrogen-bond donors (Lipinski definition) is 2. The average Bonchev–Trinajstić information content (AvgIpc) is 3.16. The van der Waals surface area contributed by atoms with Gasteiger partial charge < -0.3 is 10.1 Å². The van der Waals surface area contributed by atoms with E-state index in [-0.39, 0.29) is 10.8 Å². The molecule has 1 aliphatic carbocycles. The Morgan fingerprint density at radius 2 is 1.94 bits per heavy atom. The van der Waals surface area contributed by atoms with Gasteiger partial charge in [0.25, 0.3) is 0 Å². The SMILES string of the molecule is Cc1cc(COc2ccc(S(=O)(=O)C3CCCCC4(CNCN4)C3)cc2)c2ccccc2n1. The van der Waals surface area contributed by atoms with Gasteiger partial charge in [0.05, 0.1) is 15.7 Å². The van der Waals surface area contributed by atoms with Gasteiger partial charge in [-0.05, 0) is 62.6 Å². The van der Waals surface area contributed by atoms with E-state index >= 15 is 0 Å². The number of nitrogens with zero attached hydrogens (tertiary/aromatic N) is 1. The van der Waals surface area contributed by atoms with Crippen LogP contribution in [0.1, 0.15) is 43.4 Å². The molecule has 2 fully saturated rings. The normalized spacial score (nSPS) is 23.6. The molecule has 7 heteroatoms. The molecule has 2 atom stereocenters. The van der Waals surface area contributed by atoms with Gasteiger partial charge in [-0.15, -0.1) is 0 Å². The fourth-order valence-electron chi connectivity index (χ4n) is 5.27. The lowest BCUT2D eigenvalue weighted by molar-refractivity contribution is 0.307. The van der Waals surface area contributed by atoms with Crippen molar-refractivity contribution < 1.29 is 13.2 Å². The standard InChI is InChI=1S/C26H31N3O3S/c1-19-14-20(24-7-2-3-8-25(24)29-19)16-32-21-9-11-22(12-10-21)33(30,31)23-6-4-5-13-26(15-23)17-27-18-28-26/h2-3,7-12,14,23,27-28H,4-6,13,15-18H2,1H3. The molecule has 1 saturated heterocycles. The number of sulfone groups is 1. The summed E-state index contributed by atoms with van der Waals surface area (Å²) in [4.78, 5) is 4.96. The van der Waals surface area contributed by atoms with Crippen LogP contribution in [-0.2, 0) is 16.4 Å². The molecule has 33 heavy (non-hydrogen) atoms. The number of pyridine rings is 1. The average molecular weight is 466 g/mol. The minimum Gasteiger partial charge on any atom is -0.489 e. The van der Waals surface area contributed by atoms with Crippen LogP contribution in [0.5, 0.6) is 5.75 Å². The molecule has 1 aliphatic heterocycles. The van der Waals surface area contributed by atoms with Crippen LogP contribution in [0.2, 0.25) is 0 Å². The van der Waals surface area contributed by atoms with Crippen molar-refractivity contribution in [2.75, 3.05) is 13.2 Å². The number of ether oxygens (including phenoxy) is 1. The summed E-state index contributed by atoms with van der Waals surface area (Å²) >= 11 is 0. The van der Waals surface area contributed by atoms with Crippen molar-refractivity contribution >= 4 is 20.7 Å². The minimum atomic E-state index is -3.40. The van der Waals surface area contributed by atoms with E-state index < -0.39 is 9.84 Å². The van der Waals surface area contributed by atoms with Crippen LogP contribution in [0.3, 0.4) is 0 Å². The van der Waals surface area contributed by atoms with Crippen LogP contribution >= 0.6 is 0 Å². The fraction of sp³-hybridized carbons (Fsp3) is 0.423. The van der Waals surface area contributed by atoms with Crippen molar-refractivity contribution in [3.05, 3.63) is 65.9 Å². The molecule has 2 N–H and O–H groups in total. The third-order valence-corrected chi connectivity index (χ3v) is 9.23. The molecule has 174 valence electrons. The lowest BCUT2D eigenvalue weighted by Gasteiger charge is -2.30. The maximum atomic E-state index is 13.5. The number of rotatable bonds is 5. The monoisotopic (exact) mass is 465 g/mol. The summed E-state index contributed by atoms with van der Waals surface area (Å²) in [6.07, 6.45) is 4.43. The van der Waals surface area contributed by atoms with E-state index in [1.807, 2.05) is 37.3 Å². The zero-order valence-electron chi connectivity index (χ0n) is 19.0. The van der Waals surface area contributed by atoms with Crippen LogP contribution in [0, 0.1) is 6.92 Å². The van der Waals surface area contributed by atoms with Crippen molar-refractivity contribution in [2.45, 2.75) is 61.3 Å². The van der Waals surface area contributed by atoms with Gasteiger partial charge in [0.2, 0.25) is 0 Å². The van der Waals surface area contributed by atoms with Crippen LogP contribution in [-0.4, -0.2) is 37.4 Å². The molecule has 5 rings (SSSR count). The van der Waals surface area contributed by atoms with Gasteiger partial charge >= 0.3 is 0 Å². The van der Waals surface area contributed by atoms with E-state index in [0.717, 1.165) is 61.1 Å². The molecule has 3 aromatic rings. The maximum absolute atomic E-state index is 13.5. The second-order valence-electron chi connectivity index (χ2n) is 9.38. The topological polar surface area (TPSA) is 80.3 Å². The molecule has 2 aromatic carbocycles. The Bertz CT molecular complexity index is 1240. The first-order chi connectivity index (χ1) is 16.0. The number of hydrogen-bond acceptors (Lipinski definition) is 6. The van der Waals surface area contributed by atoms with Crippen molar-refractivity contribution in [1.82, 2.24) is 15.6 Å². The van der Waals surface area contributed by atoms with Gasteiger partial charge in [-0.1, -0.05) is 31.0 Å². The van der Waals surface area contributed by atoms with Crippen LogP contribution in [0.15, 0.2) is 59.5 Å². The number of aryl methyl sites for hydroxylation is 1. The summed E-state index contributed by atoms with van der Waals surface area (Å²) in [5, 5.41) is 7.58. The summed E-state index contributed by atoms with van der Waals surface area (Å²) < 4.78 is 32.9. The smallest absolute Gasteiger partial charge is 0.181 e. The number of nitrogens with one attached hydrogen (secondary N) is 2. The minimum absolute atomic E-state index is 0.0945. The zero-order chi connectivity index (χ0) is 22.9. The highest BCUT2D eigenvalue weighted by Crippen LogP contribution is 2.35. The zero-order valence-corrected chi connectivity index (χ0v) is 19.8. The molecule has 2 heterocycles. The Morgan fingerprint density at radius 3 is 2.73 bits per heavy atom. The quantitative estimate of drug-likeness (QED) is 0.590. The molecular formula is C26H31N3O3S. The summed E-state index contributed by atoms with van der Waals surface area (Å²) in [5.41, 5.74) is 2.87. The summed E-state index contributed by atoms with van der Waals surface area (Å²) in [6, 6.07) is 17.0.